The molecule has 20 heavy (non-hydrogen) atoms. The van der Waals surface area contributed by atoms with Gasteiger partial charge < -0.3 is 5.48 Å². The summed E-state index contributed by atoms with van der Waals surface area (Å²) < 4.78 is 1.13. The second-order valence-corrected chi connectivity index (χ2v) is 5.25. The minimum atomic E-state index is 0. The van der Waals surface area contributed by atoms with Gasteiger partial charge in [0.1, 0.15) is 0 Å². The van der Waals surface area contributed by atoms with Crippen LogP contribution < -0.4 is 0 Å². The molecule has 0 aliphatic rings. The average molecular weight is 327 g/mol. The van der Waals surface area contributed by atoms with Gasteiger partial charge in [-0.25, -0.2) is 0 Å². The third-order valence-electron chi connectivity index (χ3n) is 3.16. The molecule has 0 fully saturated rings. The highest BCUT2D eigenvalue weighted by Gasteiger charge is 2.10. The first-order valence-electron chi connectivity index (χ1n) is 6.25. The molecule has 0 heterocycles. The Morgan fingerprint density at radius 1 is 0.550 bits per heavy atom. The van der Waals surface area contributed by atoms with Crippen molar-refractivity contribution in [3.05, 3.63) is 83.3 Å². The number of rotatable bonds is 2. The fraction of sp³-hybridized carbons (Fsp3) is 0. The highest BCUT2D eigenvalue weighted by Crippen LogP contribution is 2.37. The van der Waals surface area contributed by atoms with Gasteiger partial charge in [0.25, 0.3) is 0 Å². The molecule has 0 spiro atoms. The molecule has 0 bridgehead atoms. The Morgan fingerprint density at radius 3 is 1.70 bits per heavy atom. The van der Waals surface area contributed by atoms with Crippen molar-refractivity contribution < 1.29 is 5.48 Å². The summed E-state index contributed by atoms with van der Waals surface area (Å²) in [4.78, 5) is 0. The molecule has 0 radical (unpaired) electrons. The fourth-order valence-corrected chi connectivity index (χ4v) is 2.88. The molecular weight excluding hydrogens is 312 g/mol. The van der Waals surface area contributed by atoms with Gasteiger partial charge in [-0.3, -0.25) is 0 Å². The second-order valence-electron chi connectivity index (χ2n) is 4.39. The molecule has 0 amide bonds. The lowest BCUT2D eigenvalue weighted by Gasteiger charge is -2.12. The summed E-state index contributed by atoms with van der Waals surface area (Å²) in [6, 6.07) is 27.3. The molecule has 0 aliphatic heterocycles. The van der Waals surface area contributed by atoms with E-state index in [1.54, 1.807) is 0 Å². The maximum absolute atomic E-state index is 3.68. The van der Waals surface area contributed by atoms with Gasteiger partial charge in [0.05, 0.1) is 0 Å². The SMILES string of the molecule is Brc1cccc(-c2ccccc2)c1-c1ccccc1.O. The van der Waals surface area contributed by atoms with Crippen LogP contribution in [-0.4, -0.2) is 5.48 Å². The molecule has 3 aromatic rings. The van der Waals surface area contributed by atoms with Crippen LogP contribution in [0.1, 0.15) is 0 Å². The van der Waals surface area contributed by atoms with Crippen LogP contribution in [0.15, 0.2) is 83.3 Å². The van der Waals surface area contributed by atoms with E-state index in [0.717, 1.165) is 4.47 Å². The van der Waals surface area contributed by atoms with Gasteiger partial charge in [-0.05, 0) is 22.8 Å². The second kappa shape index (κ2) is 6.51. The Balaban J connectivity index is 0.00000147. The van der Waals surface area contributed by atoms with Gasteiger partial charge in [0.15, 0.2) is 0 Å². The predicted octanol–water partition coefficient (Wildman–Crippen LogP) is 4.96. The molecule has 0 aromatic heterocycles. The van der Waals surface area contributed by atoms with Crippen molar-refractivity contribution >= 4 is 15.9 Å². The molecule has 0 aliphatic carbocycles. The van der Waals surface area contributed by atoms with E-state index in [4.69, 9.17) is 0 Å². The highest BCUT2D eigenvalue weighted by atomic mass is 79.9. The number of benzene rings is 3. The van der Waals surface area contributed by atoms with Gasteiger partial charge in [-0.2, -0.15) is 0 Å². The van der Waals surface area contributed by atoms with Crippen LogP contribution in [0.3, 0.4) is 0 Å². The Labute approximate surface area is 127 Å². The van der Waals surface area contributed by atoms with Crippen LogP contribution in [0.4, 0.5) is 0 Å². The van der Waals surface area contributed by atoms with Crippen molar-refractivity contribution in [1.29, 1.82) is 0 Å². The van der Waals surface area contributed by atoms with E-state index in [9.17, 15) is 0 Å². The lowest BCUT2D eigenvalue weighted by atomic mass is 9.95. The average Bonchev–Trinajstić information content (AvgIpc) is 2.49. The molecule has 2 N–H and O–H groups in total. The van der Waals surface area contributed by atoms with Gasteiger partial charge in [-0.1, -0.05) is 88.7 Å². The zero-order valence-electron chi connectivity index (χ0n) is 10.9. The Bertz CT molecular complexity index is 678. The van der Waals surface area contributed by atoms with E-state index >= 15 is 0 Å². The van der Waals surface area contributed by atoms with Crippen molar-refractivity contribution in [3.8, 4) is 22.3 Å². The van der Waals surface area contributed by atoms with Crippen LogP contribution in [-0.2, 0) is 0 Å². The van der Waals surface area contributed by atoms with Crippen LogP contribution in [0.5, 0.6) is 0 Å². The fourth-order valence-electron chi connectivity index (χ4n) is 2.28. The summed E-state index contributed by atoms with van der Waals surface area (Å²) in [5.74, 6) is 0. The third kappa shape index (κ3) is 2.82. The standard InChI is InChI=1S/C18H13Br.H2O/c19-17-13-7-12-16(14-8-3-1-4-9-14)18(17)15-10-5-2-6-11-15;/h1-13H;1H2. The van der Waals surface area contributed by atoms with E-state index in [-0.39, 0.29) is 5.48 Å². The van der Waals surface area contributed by atoms with Crippen LogP contribution in [0.2, 0.25) is 0 Å². The molecule has 0 unspecified atom stereocenters. The lowest BCUT2D eigenvalue weighted by Crippen LogP contribution is -1.86. The Hall–Kier alpha value is -1.90. The van der Waals surface area contributed by atoms with E-state index in [2.05, 4.69) is 82.7 Å². The summed E-state index contributed by atoms with van der Waals surface area (Å²) in [5, 5.41) is 0. The largest absolute Gasteiger partial charge is 0.412 e. The minimum absolute atomic E-state index is 0. The maximum Gasteiger partial charge on any atom is 0.0259 e. The first kappa shape index (κ1) is 14.5. The van der Waals surface area contributed by atoms with E-state index < -0.39 is 0 Å². The van der Waals surface area contributed by atoms with Gasteiger partial charge in [0, 0.05) is 10.0 Å². The van der Waals surface area contributed by atoms with Gasteiger partial charge >= 0.3 is 0 Å². The zero-order chi connectivity index (χ0) is 13.1. The first-order valence-corrected chi connectivity index (χ1v) is 7.05. The normalized spacial score (nSPS) is 9.85. The number of halogens is 1. The lowest BCUT2D eigenvalue weighted by molar-refractivity contribution is 0.824. The summed E-state index contributed by atoms with van der Waals surface area (Å²) in [5.41, 5.74) is 4.96. The molecule has 2 heteroatoms. The Morgan fingerprint density at radius 2 is 1.10 bits per heavy atom. The molecule has 0 atom stereocenters. The molecular formula is C18H15BrO. The first-order chi connectivity index (χ1) is 9.36. The van der Waals surface area contributed by atoms with Crippen LogP contribution in [0, 0.1) is 0 Å². The molecule has 0 saturated heterocycles. The van der Waals surface area contributed by atoms with Crippen molar-refractivity contribution in [2.45, 2.75) is 0 Å². The van der Waals surface area contributed by atoms with Gasteiger partial charge in [0.2, 0.25) is 0 Å². The van der Waals surface area contributed by atoms with Crippen molar-refractivity contribution in [1.82, 2.24) is 0 Å². The Kier molecular flexibility index (Phi) is 4.72. The van der Waals surface area contributed by atoms with Crippen molar-refractivity contribution in [2.24, 2.45) is 0 Å². The van der Waals surface area contributed by atoms with Crippen molar-refractivity contribution in [3.63, 3.8) is 0 Å². The van der Waals surface area contributed by atoms with Crippen LogP contribution in [0.25, 0.3) is 22.3 Å². The molecule has 0 saturated carbocycles. The summed E-state index contributed by atoms with van der Waals surface area (Å²) >= 11 is 3.68. The summed E-state index contributed by atoms with van der Waals surface area (Å²) in [6.45, 7) is 0. The topological polar surface area (TPSA) is 31.5 Å². The van der Waals surface area contributed by atoms with E-state index in [1.807, 2.05) is 12.1 Å². The highest BCUT2D eigenvalue weighted by molar-refractivity contribution is 9.10. The predicted molar refractivity (Wildman–Crippen MR) is 88.6 cm³/mol. The molecule has 3 aromatic carbocycles. The molecule has 1 nitrogen and oxygen atoms in total. The minimum Gasteiger partial charge on any atom is -0.412 e. The quantitative estimate of drug-likeness (QED) is 0.637. The summed E-state index contributed by atoms with van der Waals surface area (Å²) in [6.07, 6.45) is 0. The molecule has 100 valence electrons. The van der Waals surface area contributed by atoms with Gasteiger partial charge in [-0.15, -0.1) is 0 Å². The van der Waals surface area contributed by atoms with E-state index in [0.29, 0.717) is 0 Å². The van der Waals surface area contributed by atoms with Crippen LogP contribution >= 0.6 is 15.9 Å². The zero-order valence-corrected chi connectivity index (χ0v) is 12.5. The smallest absolute Gasteiger partial charge is 0.0259 e. The number of hydrogen-bond acceptors (Lipinski definition) is 0. The molecule has 3 rings (SSSR count). The number of hydrogen-bond donors (Lipinski definition) is 0. The monoisotopic (exact) mass is 326 g/mol. The van der Waals surface area contributed by atoms with Crippen molar-refractivity contribution in [2.75, 3.05) is 0 Å². The summed E-state index contributed by atoms with van der Waals surface area (Å²) in [7, 11) is 0. The van der Waals surface area contributed by atoms with E-state index in [1.165, 1.54) is 22.3 Å². The third-order valence-corrected chi connectivity index (χ3v) is 3.82. The maximum atomic E-state index is 3.68.